The van der Waals surface area contributed by atoms with Crippen molar-refractivity contribution in [3.63, 3.8) is 0 Å². The fourth-order valence-corrected chi connectivity index (χ4v) is 3.08. The number of amides is 4. The maximum Gasteiger partial charge on any atom is 0.416 e. The molecular weight excluding hydrogens is 430 g/mol. The van der Waals surface area contributed by atoms with Gasteiger partial charge in [-0.05, 0) is 42.8 Å². The Morgan fingerprint density at radius 3 is 2.50 bits per heavy atom. The quantitative estimate of drug-likeness (QED) is 0.430. The first-order valence-corrected chi connectivity index (χ1v) is 9.34. The normalized spacial score (nSPS) is 18.1. The molecule has 0 aliphatic carbocycles. The zero-order chi connectivity index (χ0) is 23.5. The van der Waals surface area contributed by atoms with Crippen LogP contribution in [0.15, 0.2) is 48.5 Å². The number of alkyl halides is 3. The third kappa shape index (κ3) is 4.88. The van der Waals surface area contributed by atoms with Gasteiger partial charge in [0.2, 0.25) is 5.91 Å². The highest BCUT2D eigenvalue weighted by Crippen LogP contribution is 2.30. The van der Waals surface area contributed by atoms with Gasteiger partial charge in [0, 0.05) is 5.56 Å². The number of imide groups is 1. The standard InChI is InChI=1S/C22H17F4N3O3/c1-21(15-7-9-17(23)10-8-15)19(31)29(20(32)28-21)13-18(30)27-11-3-5-14-4-2-6-16(12-14)22(24,25)26/h2,4,6-10,12H,11,13H2,1H3,(H,27,30)(H,28,32). The van der Waals surface area contributed by atoms with E-state index in [0.717, 1.165) is 29.2 Å². The zero-order valence-electron chi connectivity index (χ0n) is 16.7. The van der Waals surface area contributed by atoms with Crippen molar-refractivity contribution in [1.82, 2.24) is 15.5 Å². The average Bonchev–Trinajstić information content (AvgIpc) is 2.95. The fraction of sp³-hybridized carbons (Fsp3) is 0.227. The highest BCUT2D eigenvalue weighted by atomic mass is 19.4. The van der Waals surface area contributed by atoms with Gasteiger partial charge in [-0.2, -0.15) is 13.2 Å². The van der Waals surface area contributed by atoms with Gasteiger partial charge in [0.1, 0.15) is 17.9 Å². The van der Waals surface area contributed by atoms with Crippen LogP contribution in [0, 0.1) is 17.7 Å². The minimum absolute atomic E-state index is 0.123. The number of halogens is 4. The molecule has 0 saturated carbocycles. The Morgan fingerprint density at radius 1 is 1.16 bits per heavy atom. The number of urea groups is 1. The van der Waals surface area contributed by atoms with Gasteiger partial charge in [-0.25, -0.2) is 9.18 Å². The van der Waals surface area contributed by atoms with Crippen molar-refractivity contribution < 1.29 is 31.9 Å². The first kappa shape index (κ1) is 22.8. The number of hydrogen-bond donors (Lipinski definition) is 2. The molecule has 1 fully saturated rings. The molecule has 6 nitrogen and oxygen atoms in total. The van der Waals surface area contributed by atoms with Gasteiger partial charge >= 0.3 is 12.2 Å². The average molecular weight is 447 g/mol. The molecule has 2 aromatic carbocycles. The van der Waals surface area contributed by atoms with E-state index in [1.165, 1.54) is 31.2 Å². The van der Waals surface area contributed by atoms with Crippen molar-refractivity contribution in [3.8, 4) is 11.8 Å². The molecule has 32 heavy (non-hydrogen) atoms. The van der Waals surface area contributed by atoms with Crippen LogP contribution in [0.5, 0.6) is 0 Å². The van der Waals surface area contributed by atoms with Gasteiger partial charge < -0.3 is 10.6 Å². The predicted octanol–water partition coefficient (Wildman–Crippen LogP) is 2.78. The van der Waals surface area contributed by atoms with E-state index in [1.807, 2.05) is 0 Å². The summed E-state index contributed by atoms with van der Waals surface area (Å²) in [7, 11) is 0. The first-order chi connectivity index (χ1) is 15.0. The largest absolute Gasteiger partial charge is 0.416 e. The third-order valence-corrected chi connectivity index (χ3v) is 4.79. The lowest BCUT2D eigenvalue weighted by Gasteiger charge is -2.22. The van der Waals surface area contributed by atoms with Gasteiger partial charge in [0.05, 0.1) is 12.1 Å². The second kappa shape index (κ2) is 8.70. The number of benzene rings is 2. The van der Waals surface area contributed by atoms with Gasteiger partial charge in [-0.3, -0.25) is 14.5 Å². The van der Waals surface area contributed by atoms with Crippen LogP contribution in [0.25, 0.3) is 0 Å². The van der Waals surface area contributed by atoms with Crippen molar-refractivity contribution >= 4 is 17.8 Å². The summed E-state index contributed by atoms with van der Waals surface area (Å²) in [5.41, 5.74) is -1.81. The molecule has 2 aromatic rings. The fourth-order valence-electron chi connectivity index (χ4n) is 3.08. The first-order valence-electron chi connectivity index (χ1n) is 9.34. The van der Waals surface area contributed by atoms with E-state index in [1.54, 1.807) is 0 Å². The lowest BCUT2D eigenvalue weighted by Crippen LogP contribution is -2.43. The number of hydrogen-bond acceptors (Lipinski definition) is 3. The van der Waals surface area contributed by atoms with Crippen molar-refractivity contribution in [1.29, 1.82) is 0 Å². The van der Waals surface area contributed by atoms with Gasteiger partial charge in [0.25, 0.3) is 5.91 Å². The monoisotopic (exact) mass is 447 g/mol. The number of nitrogens with one attached hydrogen (secondary N) is 2. The molecule has 4 amide bonds. The van der Waals surface area contributed by atoms with E-state index < -0.39 is 47.5 Å². The summed E-state index contributed by atoms with van der Waals surface area (Å²) in [6.07, 6.45) is -4.49. The Labute approximate surface area is 180 Å². The molecule has 3 rings (SSSR count). The summed E-state index contributed by atoms with van der Waals surface area (Å²) in [6, 6.07) is 8.67. The maximum absolute atomic E-state index is 13.2. The molecule has 1 unspecified atom stereocenters. The summed E-state index contributed by atoms with van der Waals surface area (Å²) in [5.74, 6) is 3.16. The van der Waals surface area contributed by atoms with Crippen molar-refractivity contribution in [3.05, 3.63) is 71.0 Å². The Kier molecular flexibility index (Phi) is 6.20. The third-order valence-electron chi connectivity index (χ3n) is 4.79. The highest BCUT2D eigenvalue weighted by Gasteiger charge is 2.49. The Hall–Kier alpha value is -3.87. The van der Waals surface area contributed by atoms with E-state index in [4.69, 9.17) is 0 Å². The Morgan fingerprint density at radius 2 is 1.84 bits per heavy atom. The van der Waals surface area contributed by atoms with Crippen LogP contribution in [-0.2, 0) is 21.3 Å². The van der Waals surface area contributed by atoms with E-state index in [0.29, 0.717) is 5.56 Å². The molecule has 2 N–H and O–H groups in total. The van der Waals surface area contributed by atoms with Crippen LogP contribution < -0.4 is 10.6 Å². The molecule has 0 aromatic heterocycles. The summed E-state index contributed by atoms with van der Waals surface area (Å²) in [6.45, 7) is 0.666. The summed E-state index contributed by atoms with van der Waals surface area (Å²) >= 11 is 0. The summed E-state index contributed by atoms with van der Waals surface area (Å²) in [5, 5.41) is 4.87. The molecule has 1 atom stereocenters. The zero-order valence-corrected chi connectivity index (χ0v) is 16.7. The SMILES string of the molecule is CC1(c2ccc(F)cc2)NC(=O)N(CC(=O)NCC#Cc2cccc(C(F)(F)F)c2)C1=O. The van der Waals surface area contributed by atoms with Gasteiger partial charge in [-0.1, -0.05) is 30.0 Å². The molecule has 1 saturated heterocycles. The molecule has 0 bridgehead atoms. The Bertz CT molecular complexity index is 1120. The summed E-state index contributed by atoms with van der Waals surface area (Å²) < 4.78 is 51.3. The van der Waals surface area contributed by atoms with Crippen LogP contribution in [0.3, 0.4) is 0 Å². The number of nitrogens with zero attached hydrogens (tertiary/aromatic N) is 1. The smallest absolute Gasteiger partial charge is 0.344 e. The van der Waals surface area contributed by atoms with Gasteiger partial charge in [-0.15, -0.1) is 0 Å². The van der Waals surface area contributed by atoms with E-state index in [9.17, 15) is 31.9 Å². The van der Waals surface area contributed by atoms with E-state index in [-0.39, 0.29) is 12.1 Å². The van der Waals surface area contributed by atoms with Crippen LogP contribution >= 0.6 is 0 Å². The minimum atomic E-state index is -4.49. The molecule has 1 aliphatic rings. The van der Waals surface area contributed by atoms with Crippen molar-refractivity contribution in [2.24, 2.45) is 0 Å². The molecule has 166 valence electrons. The second-order valence-electron chi connectivity index (χ2n) is 7.11. The van der Waals surface area contributed by atoms with Crippen LogP contribution in [0.2, 0.25) is 0 Å². The number of carbonyl (C=O) groups is 3. The van der Waals surface area contributed by atoms with Crippen molar-refractivity contribution in [2.75, 3.05) is 13.1 Å². The van der Waals surface area contributed by atoms with Crippen LogP contribution in [0.4, 0.5) is 22.4 Å². The predicted molar refractivity (Wildman–Crippen MR) is 105 cm³/mol. The molecule has 1 aliphatic heterocycles. The molecule has 10 heteroatoms. The van der Waals surface area contributed by atoms with E-state index >= 15 is 0 Å². The van der Waals surface area contributed by atoms with Crippen molar-refractivity contribution in [2.45, 2.75) is 18.6 Å². The van der Waals surface area contributed by atoms with Gasteiger partial charge in [0.15, 0.2) is 0 Å². The highest BCUT2D eigenvalue weighted by molar-refractivity contribution is 6.09. The Balaban J connectivity index is 1.59. The topological polar surface area (TPSA) is 78.5 Å². The summed E-state index contributed by atoms with van der Waals surface area (Å²) in [4.78, 5) is 37.8. The molecule has 0 spiro atoms. The van der Waals surface area contributed by atoms with E-state index in [2.05, 4.69) is 22.5 Å². The number of carbonyl (C=O) groups excluding carboxylic acids is 3. The van der Waals surface area contributed by atoms with Crippen LogP contribution in [-0.4, -0.2) is 35.8 Å². The van der Waals surface area contributed by atoms with Crippen LogP contribution in [0.1, 0.15) is 23.6 Å². The lowest BCUT2D eigenvalue weighted by molar-refractivity contribution is -0.137. The second-order valence-corrected chi connectivity index (χ2v) is 7.11. The number of rotatable bonds is 4. The minimum Gasteiger partial charge on any atom is -0.344 e. The molecule has 1 heterocycles. The molecular formula is C22H17F4N3O3. The molecule has 0 radical (unpaired) electrons. The maximum atomic E-state index is 13.2. The lowest BCUT2D eigenvalue weighted by atomic mass is 9.92.